The van der Waals surface area contributed by atoms with Gasteiger partial charge in [-0.15, -0.1) is 0 Å². The van der Waals surface area contributed by atoms with E-state index in [0.717, 1.165) is 12.0 Å². The van der Waals surface area contributed by atoms with E-state index < -0.39 is 12.1 Å². The minimum atomic E-state index is -0.598. The van der Waals surface area contributed by atoms with Crippen LogP contribution in [-0.2, 0) is 11.3 Å². The predicted molar refractivity (Wildman–Crippen MR) is 90.2 cm³/mol. The number of urea groups is 1. The van der Waals surface area contributed by atoms with E-state index in [9.17, 15) is 9.59 Å². The van der Waals surface area contributed by atoms with E-state index in [2.05, 4.69) is 16.0 Å². The number of benzene rings is 1. The van der Waals surface area contributed by atoms with Crippen LogP contribution >= 0.6 is 0 Å². The summed E-state index contributed by atoms with van der Waals surface area (Å²) >= 11 is 0. The van der Waals surface area contributed by atoms with Gasteiger partial charge in [-0.1, -0.05) is 13.0 Å². The van der Waals surface area contributed by atoms with Gasteiger partial charge in [-0.3, -0.25) is 4.79 Å². The summed E-state index contributed by atoms with van der Waals surface area (Å²) in [7, 11) is 0. The lowest BCUT2D eigenvalue weighted by atomic mass is 10.2. The quantitative estimate of drug-likeness (QED) is 0.736. The zero-order valence-corrected chi connectivity index (χ0v) is 14.3. The second kappa shape index (κ2) is 8.42. The fraction of sp³-hybridized carbons (Fsp3) is 0.529. The molecule has 0 radical (unpaired) electrons. The predicted octanol–water partition coefficient (Wildman–Crippen LogP) is 1.56. The molecule has 0 aliphatic carbocycles. The first-order chi connectivity index (χ1) is 11.5. The maximum Gasteiger partial charge on any atom is 0.315 e. The van der Waals surface area contributed by atoms with Crippen LogP contribution in [0.5, 0.6) is 11.5 Å². The molecule has 2 rings (SSSR count). The van der Waals surface area contributed by atoms with Crippen molar-refractivity contribution in [2.45, 2.75) is 45.8 Å². The third-order valence-corrected chi connectivity index (χ3v) is 3.80. The van der Waals surface area contributed by atoms with Gasteiger partial charge in [0.2, 0.25) is 5.91 Å². The lowest BCUT2D eigenvalue weighted by Gasteiger charge is -2.19. The van der Waals surface area contributed by atoms with Gasteiger partial charge in [0.15, 0.2) is 11.5 Å². The van der Waals surface area contributed by atoms with Gasteiger partial charge in [0.1, 0.15) is 19.3 Å². The minimum absolute atomic E-state index is 0.0857. The second-order valence-corrected chi connectivity index (χ2v) is 5.84. The molecule has 7 heteroatoms. The second-order valence-electron chi connectivity index (χ2n) is 5.84. The summed E-state index contributed by atoms with van der Waals surface area (Å²) in [6.07, 6.45) is 0.842. The first-order valence-electron chi connectivity index (χ1n) is 8.23. The highest BCUT2D eigenvalue weighted by Crippen LogP contribution is 2.30. The highest BCUT2D eigenvalue weighted by Gasteiger charge is 2.17. The van der Waals surface area contributed by atoms with Crippen molar-refractivity contribution in [2.24, 2.45) is 0 Å². The summed E-state index contributed by atoms with van der Waals surface area (Å²) in [5.41, 5.74) is 0.895. The number of carbonyl (C=O) groups excluding carboxylic acids is 2. The van der Waals surface area contributed by atoms with Gasteiger partial charge in [0.05, 0.1) is 0 Å². The zero-order chi connectivity index (χ0) is 17.5. The monoisotopic (exact) mass is 335 g/mol. The van der Waals surface area contributed by atoms with Crippen molar-refractivity contribution in [3.05, 3.63) is 23.8 Å². The van der Waals surface area contributed by atoms with Crippen LogP contribution in [0.15, 0.2) is 18.2 Å². The van der Waals surface area contributed by atoms with E-state index >= 15 is 0 Å². The Hall–Kier alpha value is -2.44. The zero-order valence-electron chi connectivity index (χ0n) is 14.3. The van der Waals surface area contributed by atoms with E-state index in [4.69, 9.17) is 9.47 Å². The number of rotatable bonds is 6. The fourth-order valence-electron chi connectivity index (χ4n) is 2.16. The molecule has 1 aromatic rings. The maximum atomic E-state index is 11.9. The number of amides is 3. The molecule has 0 fully saturated rings. The summed E-state index contributed by atoms with van der Waals surface area (Å²) in [5, 5.41) is 8.19. The molecule has 24 heavy (non-hydrogen) atoms. The van der Waals surface area contributed by atoms with Crippen LogP contribution in [-0.4, -0.2) is 37.2 Å². The van der Waals surface area contributed by atoms with Crippen LogP contribution in [0.1, 0.15) is 32.8 Å². The molecule has 0 saturated heterocycles. The Morgan fingerprint density at radius 1 is 1.12 bits per heavy atom. The lowest BCUT2D eigenvalue weighted by Crippen LogP contribution is -2.49. The van der Waals surface area contributed by atoms with Crippen molar-refractivity contribution in [3.63, 3.8) is 0 Å². The summed E-state index contributed by atoms with van der Waals surface area (Å²) < 4.78 is 11.0. The third-order valence-electron chi connectivity index (χ3n) is 3.80. The Kier molecular flexibility index (Phi) is 6.28. The molecule has 0 aromatic heterocycles. The van der Waals surface area contributed by atoms with Crippen LogP contribution in [0.4, 0.5) is 4.79 Å². The molecular formula is C17H25N3O4. The van der Waals surface area contributed by atoms with E-state index in [1.54, 1.807) is 6.92 Å². The average molecular weight is 335 g/mol. The Labute approximate surface area is 142 Å². The van der Waals surface area contributed by atoms with Crippen LogP contribution in [0, 0.1) is 0 Å². The summed E-state index contributed by atoms with van der Waals surface area (Å²) in [5.74, 6) is 1.20. The van der Waals surface area contributed by atoms with Crippen molar-refractivity contribution in [1.29, 1.82) is 0 Å². The van der Waals surface area contributed by atoms with Gasteiger partial charge in [0, 0.05) is 12.6 Å². The minimum Gasteiger partial charge on any atom is -0.486 e. The van der Waals surface area contributed by atoms with Gasteiger partial charge in [0.25, 0.3) is 0 Å². The van der Waals surface area contributed by atoms with E-state index in [1.807, 2.05) is 32.0 Å². The van der Waals surface area contributed by atoms with Gasteiger partial charge >= 0.3 is 6.03 Å². The molecule has 0 saturated carbocycles. The number of ether oxygens (including phenoxy) is 2. The molecule has 3 amide bonds. The van der Waals surface area contributed by atoms with Crippen LogP contribution in [0.2, 0.25) is 0 Å². The lowest BCUT2D eigenvalue weighted by molar-refractivity contribution is -0.123. The maximum absolute atomic E-state index is 11.9. The number of fused-ring (bicyclic) bond motifs is 1. The van der Waals surface area contributed by atoms with E-state index in [1.165, 1.54) is 0 Å². The smallest absolute Gasteiger partial charge is 0.315 e. The summed E-state index contributed by atoms with van der Waals surface area (Å²) in [6, 6.07) is 4.63. The molecule has 1 aliphatic heterocycles. The van der Waals surface area contributed by atoms with Crippen LogP contribution < -0.4 is 25.4 Å². The highest BCUT2D eigenvalue weighted by atomic mass is 16.6. The highest BCUT2D eigenvalue weighted by molar-refractivity contribution is 5.86. The molecule has 1 heterocycles. The third kappa shape index (κ3) is 5.04. The van der Waals surface area contributed by atoms with Crippen molar-refractivity contribution in [3.8, 4) is 11.5 Å². The van der Waals surface area contributed by atoms with Gasteiger partial charge in [-0.2, -0.15) is 0 Å². The molecule has 0 unspecified atom stereocenters. The number of carbonyl (C=O) groups is 2. The van der Waals surface area contributed by atoms with Crippen molar-refractivity contribution in [2.75, 3.05) is 13.2 Å². The number of hydrogen-bond acceptors (Lipinski definition) is 4. The molecule has 0 bridgehead atoms. The van der Waals surface area contributed by atoms with E-state index in [-0.39, 0.29) is 11.9 Å². The standard InChI is InChI=1S/C17H25N3O4/c1-4-11(2)19-16(21)12(3)20-17(22)18-10-13-5-6-14-15(9-13)24-8-7-23-14/h5-6,9,11-12H,4,7-8,10H2,1-3H3,(H,19,21)(H2,18,20,22)/t11-,12-/m0/s1. The fourth-order valence-corrected chi connectivity index (χ4v) is 2.16. The Morgan fingerprint density at radius 3 is 2.54 bits per heavy atom. The van der Waals surface area contributed by atoms with Crippen LogP contribution in [0.25, 0.3) is 0 Å². The molecular weight excluding hydrogens is 310 g/mol. The van der Waals surface area contributed by atoms with E-state index in [0.29, 0.717) is 31.3 Å². The first-order valence-corrected chi connectivity index (χ1v) is 8.23. The molecule has 1 aliphatic rings. The Bertz CT molecular complexity index is 591. The molecule has 7 nitrogen and oxygen atoms in total. The van der Waals surface area contributed by atoms with Crippen molar-refractivity contribution >= 4 is 11.9 Å². The molecule has 2 atom stereocenters. The van der Waals surface area contributed by atoms with Crippen LogP contribution in [0.3, 0.4) is 0 Å². The Balaban J connectivity index is 1.79. The SMILES string of the molecule is CC[C@H](C)NC(=O)[C@H](C)NC(=O)NCc1ccc2c(c1)OCCO2. The van der Waals surface area contributed by atoms with Crippen molar-refractivity contribution in [1.82, 2.24) is 16.0 Å². The Morgan fingerprint density at radius 2 is 1.83 bits per heavy atom. The average Bonchev–Trinajstić information content (AvgIpc) is 2.59. The molecule has 3 N–H and O–H groups in total. The van der Waals surface area contributed by atoms with Gasteiger partial charge in [-0.25, -0.2) is 4.79 Å². The molecule has 0 spiro atoms. The first kappa shape index (κ1) is 17.9. The van der Waals surface area contributed by atoms with Crippen molar-refractivity contribution < 1.29 is 19.1 Å². The largest absolute Gasteiger partial charge is 0.486 e. The molecule has 1 aromatic carbocycles. The number of hydrogen-bond donors (Lipinski definition) is 3. The normalized spacial score (nSPS) is 15.1. The number of nitrogens with one attached hydrogen (secondary N) is 3. The van der Waals surface area contributed by atoms with Gasteiger partial charge in [-0.05, 0) is 38.0 Å². The summed E-state index contributed by atoms with van der Waals surface area (Å²) in [4.78, 5) is 23.8. The molecule has 132 valence electrons. The summed E-state index contributed by atoms with van der Waals surface area (Å²) in [6.45, 7) is 6.97. The van der Waals surface area contributed by atoms with Gasteiger partial charge < -0.3 is 25.4 Å². The topological polar surface area (TPSA) is 88.7 Å².